The Morgan fingerprint density at radius 2 is 1.30 bits per heavy atom. The lowest BCUT2D eigenvalue weighted by atomic mass is 9.79. The van der Waals surface area contributed by atoms with Crippen LogP contribution in [0.5, 0.6) is 5.75 Å². The molecule has 0 saturated heterocycles. The number of benzene rings is 3. The Morgan fingerprint density at radius 3 is 1.93 bits per heavy atom. The predicted octanol–water partition coefficient (Wildman–Crippen LogP) is 8.14. The van der Waals surface area contributed by atoms with Gasteiger partial charge in [0.25, 0.3) is 0 Å². The number of hydrogen-bond acceptors (Lipinski definition) is 1. The van der Waals surface area contributed by atoms with Gasteiger partial charge in [0, 0.05) is 0 Å². The molecule has 0 unspecified atom stereocenters. The molecule has 154 valence electrons. The molecule has 0 aromatic heterocycles. The zero-order chi connectivity index (χ0) is 21.1. The Labute approximate surface area is 181 Å². The Kier molecular flexibility index (Phi) is 6.08. The van der Waals surface area contributed by atoms with Gasteiger partial charge < -0.3 is 5.11 Å². The van der Waals surface area contributed by atoms with Gasteiger partial charge in [-0.25, -0.2) is 0 Å². The van der Waals surface area contributed by atoms with E-state index in [4.69, 9.17) is 0 Å². The molecule has 0 aliphatic heterocycles. The minimum Gasteiger partial charge on any atom is -0.508 e. The molecule has 1 aliphatic carbocycles. The molecule has 0 spiro atoms. The van der Waals surface area contributed by atoms with Crippen molar-refractivity contribution in [2.75, 3.05) is 0 Å². The lowest BCUT2D eigenvalue weighted by molar-refractivity contribution is 0.348. The third kappa shape index (κ3) is 4.51. The van der Waals surface area contributed by atoms with E-state index in [9.17, 15) is 5.11 Å². The van der Waals surface area contributed by atoms with E-state index in [1.54, 1.807) is 6.07 Å². The standard InChI is InChI=1S/C29H32O/c1-20-4-9-25(10-5-20)27-14-16-28(17-15-27)26-12-7-23(8-13-26)6-11-24-18-19-29(30)22(3)21(24)2/h6-8,11-20,25,30H,4-5,9-10H2,1-3H3/b11-6+. The van der Waals surface area contributed by atoms with E-state index in [-0.39, 0.29) is 0 Å². The summed E-state index contributed by atoms with van der Waals surface area (Å²) in [6.45, 7) is 6.39. The van der Waals surface area contributed by atoms with Crippen LogP contribution in [0.3, 0.4) is 0 Å². The highest BCUT2D eigenvalue weighted by Gasteiger charge is 2.19. The van der Waals surface area contributed by atoms with E-state index in [0.29, 0.717) is 5.75 Å². The molecule has 0 amide bonds. The van der Waals surface area contributed by atoms with Gasteiger partial charge in [-0.15, -0.1) is 0 Å². The normalized spacial score (nSPS) is 19.3. The van der Waals surface area contributed by atoms with Crippen LogP contribution in [0.25, 0.3) is 23.3 Å². The lowest BCUT2D eigenvalue weighted by Gasteiger charge is -2.26. The highest BCUT2D eigenvalue weighted by atomic mass is 16.3. The maximum absolute atomic E-state index is 9.83. The third-order valence-electron chi connectivity index (χ3n) is 6.90. The maximum Gasteiger partial charge on any atom is 0.118 e. The molecular weight excluding hydrogens is 364 g/mol. The Balaban J connectivity index is 1.45. The minimum atomic E-state index is 0.359. The van der Waals surface area contributed by atoms with E-state index in [1.807, 2.05) is 13.0 Å². The summed E-state index contributed by atoms with van der Waals surface area (Å²) < 4.78 is 0. The second-order valence-electron chi connectivity index (χ2n) is 8.96. The van der Waals surface area contributed by atoms with Crippen LogP contribution in [0.4, 0.5) is 0 Å². The number of hydrogen-bond donors (Lipinski definition) is 1. The summed E-state index contributed by atoms with van der Waals surface area (Å²) in [5.74, 6) is 2.00. The molecule has 30 heavy (non-hydrogen) atoms. The Bertz CT molecular complexity index is 1020. The van der Waals surface area contributed by atoms with Crippen LogP contribution in [0.15, 0.2) is 60.7 Å². The first-order valence-corrected chi connectivity index (χ1v) is 11.2. The summed E-state index contributed by atoms with van der Waals surface area (Å²) in [6, 6.07) is 21.7. The van der Waals surface area contributed by atoms with Crippen LogP contribution < -0.4 is 0 Å². The summed E-state index contributed by atoms with van der Waals surface area (Å²) in [6.07, 6.45) is 9.66. The molecule has 4 rings (SSSR count). The summed E-state index contributed by atoms with van der Waals surface area (Å²) in [5, 5.41) is 9.83. The fraction of sp³-hybridized carbons (Fsp3) is 0.310. The lowest BCUT2D eigenvalue weighted by Crippen LogP contribution is -2.10. The van der Waals surface area contributed by atoms with Crippen molar-refractivity contribution in [2.24, 2.45) is 5.92 Å². The minimum absolute atomic E-state index is 0.359. The summed E-state index contributed by atoms with van der Waals surface area (Å²) >= 11 is 0. The number of phenolic OH excluding ortho intramolecular Hbond substituents is 1. The van der Waals surface area contributed by atoms with Crippen molar-refractivity contribution in [2.45, 2.75) is 52.4 Å². The highest BCUT2D eigenvalue weighted by Crippen LogP contribution is 2.36. The van der Waals surface area contributed by atoms with Gasteiger partial charge >= 0.3 is 0 Å². The fourth-order valence-electron chi connectivity index (χ4n) is 4.52. The zero-order valence-electron chi connectivity index (χ0n) is 18.4. The molecular formula is C29H32O. The van der Waals surface area contributed by atoms with Crippen molar-refractivity contribution >= 4 is 12.2 Å². The fourth-order valence-corrected chi connectivity index (χ4v) is 4.52. The van der Waals surface area contributed by atoms with Crippen LogP contribution in [0.1, 0.15) is 66.3 Å². The molecule has 3 aromatic carbocycles. The van der Waals surface area contributed by atoms with E-state index < -0.39 is 0 Å². The summed E-state index contributed by atoms with van der Waals surface area (Å²) in [7, 11) is 0. The monoisotopic (exact) mass is 396 g/mol. The number of phenols is 1. The Morgan fingerprint density at radius 1 is 0.700 bits per heavy atom. The quantitative estimate of drug-likeness (QED) is 0.441. The average Bonchev–Trinajstić information content (AvgIpc) is 2.78. The van der Waals surface area contributed by atoms with E-state index in [0.717, 1.165) is 28.5 Å². The SMILES string of the molecule is Cc1c(O)ccc(/C=C/c2ccc(-c3ccc(C4CCC(C)CC4)cc3)cc2)c1C. The van der Waals surface area contributed by atoms with Crippen molar-refractivity contribution in [3.63, 3.8) is 0 Å². The Hall–Kier alpha value is -2.80. The van der Waals surface area contributed by atoms with Gasteiger partial charge in [0.1, 0.15) is 5.75 Å². The second kappa shape index (κ2) is 8.92. The molecule has 0 radical (unpaired) electrons. The maximum atomic E-state index is 9.83. The molecule has 1 fully saturated rings. The van der Waals surface area contributed by atoms with Crippen molar-refractivity contribution in [3.8, 4) is 16.9 Å². The van der Waals surface area contributed by atoms with Gasteiger partial charge in [0.05, 0.1) is 0 Å². The number of aromatic hydroxyl groups is 1. The molecule has 1 heteroatoms. The zero-order valence-corrected chi connectivity index (χ0v) is 18.4. The highest BCUT2D eigenvalue weighted by molar-refractivity contribution is 5.74. The molecule has 1 aliphatic rings. The van der Waals surface area contributed by atoms with Gasteiger partial charge in [-0.1, -0.05) is 86.5 Å². The molecule has 1 nitrogen and oxygen atoms in total. The smallest absolute Gasteiger partial charge is 0.118 e. The predicted molar refractivity (Wildman–Crippen MR) is 129 cm³/mol. The summed E-state index contributed by atoms with van der Waals surface area (Å²) in [5.41, 5.74) is 8.42. The van der Waals surface area contributed by atoms with Gasteiger partial charge in [0.15, 0.2) is 0 Å². The molecule has 1 saturated carbocycles. The van der Waals surface area contributed by atoms with Gasteiger partial charge in [-0.05, 0) is 83.5 Å². The van der Waals surface area contributed by atoms with Gasteiger partial charge in [-0.2, -0.15) is 0 Å². The largest absolute Gasteiger partial charge is 0.508 e. The van der Waals surface area contributed by atoms with Crippen LogP contribution in [0, 0.1) is 19.8 Å². The molecule has 0 bridgehead atoms. The first-order chi connectivity index (χ1) is 14.5. The molecule has 3 aromatic rings. The van der Waals surface area contributed by atoms with Crippen molar-refractivity contribution in [1.29, 1.82) is 0 Å². The van der Waals surface area contributed by atoms with E-state index in [1.165, 1.54) is 47.9 Å². The average molecular weight is 397 g/mol. The second-order valence-corrected chi connectivity index (χ2v) is 8.96. The van der Waals surface area contributed by atoms with Crippen molar-refractivity contribution in [3.05, 3.63) is 88.5 Å². The topological polar surface area (TPSA) is 20.2 Å². The van der Waals surface area contributed by atoms with Gasteiger partial charge in [0.2, 0.25) is 0 Å². The first kappa shape index (κ1) is 20.5. The van der Waals surface area contributed by atoms with Crippen molar-refractivity contribution < 1.29 is 5.11 Å². The third-order valence-corrected chi connectivity index (χ3v) is 6.90. The first-order valence-electron chi connectivity index (χ1n) is 11.2. The molecule has 0 atom stereocenters. The molecule has 0 heterocycles. The van der Waals surface area contributed by atoms with Crippen LogP contribution >= 0.6 is 0 Å². The van der Waals surface area contributed by atoms with E-state index >= 15 is 0 Å². The van der Waals surface area contributed by atoms with Crippen LogP contribution in [0.2, 0.25) is 0 Å². The van der Waals surface area contributed by atoms with Crippen LogP contribution in [-0.4, -0.2) is 5.11 Å². The number of rotatable bonds is 4. The van der Waals surface area contributed by atoms with E-state index in [2.05, 4.69) is 74.5 Å². The van der Waals surface area contributed by atoms with Crippen LogP contribution in [-0.2, 0) is 0 Å². The van der Waals surface area contributed by atoms with Gasteiger partial charge in [-0.3, -0.25) is 0 Å². The summed E-state index contributed by atoms with van der Waals surface area (Å²) in [4.78, 5) is 0. The van der Waals surface area contributed by atoms with Crippen molar-refractivity contribution in [1.82, 2.24) is 0 Å². The molecule has 1 N–H and O–H groups in total.